The van der Waals surface area contributed by atoms with E-state index in [4.69, 9.17) is 14.9 Å². The molecule has 0 aromatic heterocycles. The van der Waals surface area contributed by atoms with E-state index in [2.05, 4.69) is 5.32 Å². The summed E-state index contributed by atoms with van der Waals surface area (Å²) >= 11 is 0. The number of benzene rings is 1. The Morgan fingerprint density at radius 3 is 2.44 bits per heavy atom. The molecule has 0 fully saturated rings. The molecule has 1 aromatic rings. The zero-order valence-corrected chi connectivity index (χ0v) is 9.92. The van der Waals surface area contributed by atoms with Crippen LogP contribution < -0.4 is 10.1 Å². The Balaban J connectivity index is 2.42. The SMILES string of the molecule is COc1ccc(C(=O)NCC[C@@H](O)C(=O)O)cc1. The van der Waals surface area contributed by atoms with Crippen LogP contribution in [0.25, 0.3) is 0 Å². The molecule has 0 unspecified atom stereocenters. The lowest BCUT2D eigenvalue weighted by molar-refractivity contribution is -0.146. The summed E-state index contributed by atoms with van der Waals surface area (Å²) in [5.74, 6) is -0.975. The number of rotatable bonds is 6. The number of aliphatic carboxylic acids is 1. The first-order chi connectivity index (χ1) is 8.54. The molecule has 1 atom stereocenters. The van der Waals surface area contributed by atoms with Crippen LogP contribution >= 0.6 is 0 Å². The zero-order valence-electron chi connectivity index (χ0n) is 9.92. The average molecular weight is 253 g/mol. The van der Waals surface area contributed by atoms with Gasteiger partial charge >= 0.3 is 5.97 Å². The standard InChI is InChI=1S/C12H15NO5/c1-18-9-4-2-8(3-5-9)11(15)13-7-6-10(14)12(16)17/h2-5,10,14H,6-7H2,1H3,(H,13,15)(H,16,17)/t10-/m1/s1. The van der Waals surface area contributed by atoms with Gasteiger partial charge in [0.15, 0.2) is 6.10 Å². The number of hydrogen-bond donors (Lipinski definition) is 3. The van der Waals surface area contributed by atoms with E-state index in [-0.39, 0.29) is 18.9 Å². The minimum atomic E-state index is -1.46. The largest absolute Gasteiger partial charge is 0.497 e. The molecule has 3 N–H and O–H groups in total. The third kappa shape index (κ3) is 4.06. The van der Waals surface area contributed by atoms with Crippen molar-refractivity contribution < 1.29 is 24.5 Å². The normalized spacial score (nSPS) is 11.7. The highest BCUT2D eigenvalue weighted by Crippen LogP contribution is 2.10. The first kappa shape index (κ1) is 14.0. The number of methoxy groups -OCH3 is 1. The van der Waals surface area contributed by atoms with Crippen LogP contribution in [0.5, 0.6) is 5.75 Å². The van der Waals surface area contributed by atoms with Gasteiger partial charge in [-0.3, -0.25) is 4.79 Å². The third-order valence-electron chi connectivity index (χ3n) is 2.34. The predicted octanol–water partition coefficient (Wildman–Crippen LogP) is 0.261. The van der Waals surface area contributed by atoms with Gasteiger partial charge in [-0.05, 0) is 24.3 Å². The predicted molar refractivity (Wildman–Crippen MR) is 63.6 cm³/mol. The minimum Gasteiger partial charge on any atom is -0.497 e. The summed E-state index contributed by atoms with van der Waals surface area (Å²) in [5.41, 5.74) is 0.445. The van der Waals surface area contributed by atoms with Crippen LogP contribution in [-0.4, -0.2) is 41.8 Å². The van der Waals surface area contributed by atoms with Crippen molar-refractivity contribution in [3.63, 3.8) is 0 Å². The van der Waals surface area contributed by atoms with E-state index in [1.807, 2.05) is 0 Å². The Morgan fingerprint density at radius 1 is 1.33 bits per heavy atom. The molecule has 0 saturated heterocycles. The summed E-state index contributed by atoms with van der Waals surface area (Å²) in [6, 6.07) is 6.51. The van der Waals surface area contributed by atoms with Crippen molar-refractivity contribution in [1.29, 1.82) is 0 Å². The van der Waals surface area contributed by atoms with Crippen LogP contribution in [0.3, 0.4) is 0 Å². The van der Waals surface area contributed by atoms with Gasteiger partial charge in [0.1, 0.15) is 5.75 Å². The van der Waals surface area contributed by atoms with E-state index in [0.29, 0.717) is 11.3 Å². The average Bonchev–Trinajstić information content (AvgIpc) is 2.38. The number of ether oxygens (including phenoxy) is 1. The van der Waals surface area contributed by atoms with Crippen molar-refractivity contribution in [1.82, 2.24) is 5.32 Å². The molecule has 0 radical (unpaired) electrons. The Labute approximate surface area is 104 Å². The first-order valence-electron chi connectivity index (χ1n) is 5.37. The van der Waals surface area contributed by atoms with Crippen LogP contribution in [0.1, 0.15) is 16.8 Å². The van der Waals surface area contributed by atoms with Crippen molar-refractivity contribution in [2.75, 3.05) is 13.7 Å². The molecule has 0 spiro atoms. The molecule has 98 valence electrons. The molecule has 0 heterocycles. The van der Waals surface area contributed by atoms with Gasteiger partial charge in [0, 0.05) is 18.5 Å². The molecule has 6 heteroatoms. The fraction of sp³-hybridized carbons (Fsp3) is 0.333. The van der Waals surface area contributed by atoms with Crippen LogP contribution in [0, 0.1) is 0 Å². The maximum absolute atomic E-state index is 11.6. The van der Waals surface area contributed by atoms with Gasteiger partial charge in [0.2, 0.25) is 0 Å². The zero-order chi connectivity index (χ0) is 13.5. The summed E-state index contributed by atoms with van der Waals surface area (Å²) in [7, 11) is 1.53. The number of carboxylic acid groups (broad SMARTS) is 1. The molecule has 6 nitrogen and oxygen atoms in total. The van der Waals surface area contributed by atoms with E-state index in [9.17, 15) is 9.59 Å². The molecule has 0 saturated carbocycles. The molecular weight excluding hydrogens is 238 g/mol. The minimum absolute atomic E-state index is 0.0305. The summed E-state index contributed by atoms with van der Waals surface area (Å²) in [6.45, 7) is 0.0956. The number of amides is 1. The van der Waals surface area contributed by atoms with Gasteiger partial charge in [-0.15, -0.1) is 0 Å². The highest BCUT2D eigenvalue weighted by Gasteiger charge is 2.13. The van der Waals surface area contributed by atoms with E-state index in [1.54, 1.807) is 24.3 Å². The molecule has 1 amide bonds. The van der Waals surface area contributed by atoms with E-state index in [1.165, 1.54) is 7.11 Å². The van der Waals surface area contributed by atoms with Crippen molar-refractivity contribution in [2.24, 2.45) is 0 Å². The summed E-state index contributed by atoms with van der Waals surface area (Å²) in [5, 5.41) is 20.0. The van der Waals surface area contributed by atoms with E-state index < -0.39 is 12.1 Å². The molecule has 1 aromatic carbocycles. The van der Waals surface area contributed by atoms with Crippen molar-refractivity contribution >= 4 is 11.9 Å². The van der Waals surface area contributed by atoms with E-state index in [0.717, 1.165) is 0 Å². The summed E-state index contributed by atoms with van der Waals surface area (Å²) < 4.78 is 4.96. The topological polar surface area (TPSA) is 95.9 Å². The van der Waals surface area contributed by atoms with Gasteiger partial charge in [0.05, 0.1) is 7.11 Å². The molecule has 0 aliphatic heterocycles. The van der Waals surface area contributed by atoms with Gasteiger partial charge < -0.3 is 20.3 Å². The Morgan fingerprint density at radius 2 is 1.94 bits per heavy atom. The molecular formula is C12H15NO5. The second-order valence-corrected chi connectivity index (χ2v) is 3.63. The first-order valence-corrected chi connectivity index (χ1v) is 5.37. The van der Waals surface area contributed by atoms with Crippen LogP contribution in [0.15, 0.2) is 24.3 Å². The van der Waals surface area contributed by atoms with Crippen molar-refractivity contribution in [2.45, 2.75) is 12.5 Å². The number of carbonyl (C=O) groups excluding carboxylic acids is 1. The highest BCUT2D eigenvalue weighted by molar-refractivity contribution is 5.94. The maximum Gasteiger partial charge on any atom is 0.332 e. The number of hydrogen-bond acceptors (Lipinski definition) is 4. The van der Waals surface area contributed by atoms with E-state index >= 15 is 0 Å². The second-order valence-electron chi connectivity index (χ2n) is 3.63. The van der Waals surface area contributed by atoms with Crippen LogP contribution in [0.4, 0.5) is 0 Å². The van der Waals surface area contributed by atoms with Crippen LogP contribution in [-0.2, 0) is 4.79 Å². The van der Waals surface area contributed by atoms with Gasteiger partial charge in [0.25, 0.3) is 5.91 Å². The molecule has 1 rings (SSSR count). The quantitative estimate of drug-likeness (QED) is 0.676. The summed E-state index contributed by atoms with van der Waals surface area (Å²) in [6.07, 6.45) is -1.49. The Hall–Kier alpha value is -2.08. The summed E-state index contributed by atoms with van der Waals surface area (Å²) in [4.78, 5) is 22.0. The lowest BCUT2D eigenvalue weighted by Gasteiger charge is -2.07. The van der Waals surface area contributed by atoms with Crippen molar-refractivity contribution in [3.05, 3.63) is 29.8 Å². The fourth-order valence-electron chi connectivity index (χ4n) is 1.29. The maximum atomic E-state index is 11.6. The Bertz CT molecular complexity index is 415. The lowest BCUT2D eigenvalue weighted by atomic mass is 10.2. The molecule has 0 bridgehead atoms. The van der Waals surface area contributed by atoms with Crippen LogP contribution in [0.2, 0.25) is 0 Å². The number of carboxylic acids is 1. The number of carbonyl (C=O) groups is 2. The van der Waals surface area contributed by atoms with Crippen molar-refractivity contribution in [3.8, 4) is 5.75 Å². The van der Waals surface area contributed by atoms with Gasteiger partial charge in [-0.25, -0.2) is 4.79 Å². The number of aliphatic hydroxyl groups excluding tert-OH is 1. The second kappa shape index (κ2) is 6.61. The highest BCUT2D eigenvalue weighted by atomic mass is 16.5. The van der Waals surface area contributed by atoms with Gasteiger partial charge in [-0.2, -0.15) is 0 Å². The number of aliphatic hydroxyl groups is 1. The van der Waals surface area contributed by atoms with Gasteiger partial charge in [-0.1, -0.05) is 0 Å². The molecule has 0 aliphatic carbocycles. The Kier molecular flexibility index (Phi) is 5.13. The number of nitrogens with one attached hydrogen (secondary N) is 1. The monoisotopic (exact) mass is 253 g/mol. The third-order valence-corrected chi connectivity index (χ3v) is 2.34. The molecule has 18 heavy (non-hydrogen) atoms. The fourth-order valence-corrected chi connectivity index (χ4v) is 1.29. The lowest BCUT2D eigenvalue weighted by Crippen LogP contribution is -2.30. The smallest absolute Gasteiger partial charge is 0.332 e. The molecule has 0 aliphatic rings.